The molecule has 156 valence electrons. The summed E-state index contributed by atoms with van der Waals surface area (Å²) in [4.78, 5) is 32.6. The number of thioether (sulfide) groups is 1. The number of hydrogen-bond donors (Lipinski definition) is 0. The summed E-state index contributed by atoms with van der Waals surface area (Å²) >= 11 is 4.76. The first-order chi connectivity index (χ1) is 14.5. The van der Waals surface area contributed by atoms with Crippen molar-refractivity contribution < 1.29 is 9.53 Å². The Kier molecular flexibility index (Phi) is 6.55. The Morgan fingerprint density at radius 3 is 2.67 bits per heavy atom. The second-order valence-corrected chi connectivity index (χ2v) is 8.96. The highest BCUT2D eigenvalue weighted by molar-refractivity contribution is 9.10. The predicted molar refractivity (Wildman–Crippen MR) is 122 cm³/mol. The van der Waals surface area contributed by atoms with Crippen molar-refractivity contribution in [2.45, 2.75) is 18.1 Å². The van der Waals surface area contributed by atoms with Crippen LogP contribution in [-0.2, 0) is 9.53 Å². The van der Waals surface area contributed by atoms with Crippen molar-refractivity contribution in [1.29, 1.82) is 0 Å². The number of ether oxygens (including phenoxy) is 1. The number of carbonyl (C=O) groups excluding carboxylic acids is 1. The predicted octanol–water partition coefficient (Wildman–Crippen LogP) is 3.72. The molecule has 2 aromatic carbocycles. The lowest BCUT2D eigenvalue weighted by atomic mass is 10.1. The molecule has 2 heterocycles. The molecule has 0 saturated carbocycles. The van der Waals surface area contributed by atoms with Crippen LogP contribution in [0.1, 0.15) is 18.5 Å². The lowest BCUT2D eigenvalue weighted by Crippen LogP contribution is -2.41. The van der Waals surface area contributed by atoms with Gasteiger partial charge in [0.1, 0.15) is 0 Å². The molecule has 1 unspecified atom stereocenters. The summed E-state index contributed by atoms with van der Waals surface area (Å²) in [6.07, 6.45) is 0. The molecule has 3 aromatic rings. The minimum atomic E-state index is -0.212. The maximum absolute atomic E-state index is 13.4. The van der Waals surface area contributed by atoms with Crippen molar-refractivity contribution >= 4 is 44.5 Å². The van der Waals surface area contributed by atoms with Crippen molar-refractivity contribution in [3.05, 3.63) is 68.9 Å². The number of morpholine rings is 1. The molecule has 1 saturated heterocycles. The first kappa shape index (κ1) is 21.1. The third kappa shape index (κ3) is 4.45. The highest BCUT2D eigenvalue weighted by Crippen LogP contribution is 2.26. The highest BCUT2D eigenvalue weighted by Gasteiger charge is 2.21. The van der Waals surface area contributed by atoms with Gasteiger partial charge in [-0.05, 0) is 30.7 Å². The number of fused-ring (bicyclic) bond motifs is 1. The van der Waals surface area contributed by atoms with Gasteiger partial charge in [0.05, 0.1) is 35.9 Å². The van der Waals surface area contributed by atoms with Gasteiger partial charge < -0.3 is 9.64 Å². The van der Waals surface area contributed by atoms with Gasteiger partial charge in [0, 0.05) is 17.6 Å². The Morgan fingerprint density at radius 2 is 1.93 bits per heavy atom. The van der Waals surface area contributed by atoms with Crippen LogP contribution in [0.25, 0.3) is 10.9 Å². The Hall–Kier alpha value is -2.16. The van der Waals surface area contributed by atoms with E-state index in [0.29, 0.717) is 42.4 Å². The topological polar surface area (TPSA) is 64.4 Å². The highest BCUT2D eigenvalue weighted by atomic mass is 79.9. The lowest BCUT2D eigenvalue weighted by molar-refractivity contribution is -0.132. The van der Waals surface area contributed by atoms with E-state index in [1.807, 2.05) is 49.4 Å². The second-order valence-electron chi connectivity index (χ2n) is 7.10. The molecule has 1 fully saturated rings. The average molecular weight is 488 g/mol. The van der Waals surface area contributed by atoms with Gasteiger partial charge in [0.25, 0.3) is 5.56 Å². The summed E-state index contributed by atoms with van der Waals surface area (Å²) in [5.74, 6) is 0.267. The lowest BCUT2D eigenvalue weighted by Gasteiger charge is -2.27. The van der Waals surface area contributed by atoms with Gasteiger partial charge in [0.2, 0.25) is 5.91 Å². The normalized spacial score (nSPS) is 15.3. The third-order valence-electron chi connectivity index (χ3n) is 5.19. The van der Waals surface area contributed by atoms with Gasteiger partial charge in [-0.3, -0.25) is 14.2 Å². The molecule has 1 atom stereocenters. The molecule has 0 bridgehead atoms. The quantitative estimate of drug-likeness (QED) is 0.405. The largest absolute Gasteiger partial charge is 0.378 e. The summed E-state index contributed by atoms with van der Waals surface area (Å²) in [6.45, 7) is 4.32. The van der Waals surface area contributed by atoms with E-state index < -0.39 is 0 Å². The molecule has 1 aromatic heterocycles. The van der Waals surface area contributed by atoms with Crippen LogP contribution in [0.4, 0.5) is 0 Å². The molecule has 0 N–H and O–H groups in total. The van der Waals surface area contributed by atoms with Crippen molar-refractivity contribution in [3.8, 4) is 0 Å². The Balaban J connectivity index is 1.72. The van der Waals surface area contributed by atoms with Crippen LogP contribution in [0.2, 0.25) is 0 Å². The van der Waals surface area contributed by atoms with E-state index in [2.05, 4.69) is 15.9 Å². The molecule has 4 rings (SSSR count). The van der Waals surface area contributed by atoms with Gasteiger partial charge in [-0.1, -0.05) is 58.0 Å². The second kappa shape index (κ2) is 9.32. The third-order valence-corrected chi connectivity index (χ3v) is 6.62. The number of amides is 1. The fraction of sp³-hybridized carbons (Fsp3) is 0.318. The molecular weight excluding hydrogens is 466 g/mol. The first-order valence-electron chi connectivity index (χ1n) is 9.79. The summed E-state index contributed by atoms with van der Waals surface area (Å²) in [5.41, 5.74) is 1.53. The zero-order chi connectivity index (χ0) is 21.1. The van der Waals surface area contributed by atoms with Gasteiger partial charge in [-0.2, -0.15) is 0 Å². The summed E-state index contributed by atoms with van der Waals surface area (Å²) < 4.78 is 7.85. The van der Waals surface area contributed by atoms with Crippen LogP contribution < -0.4 is 5.56 Å². The van der Waals surface area contributed by atoms with Gasteiger partial charge >= 0.3 is 0 Å². The number of halogens is 1. The molecule has 0 spiro atoms. The van der Waals surface area contributed by atoms with E-state index >= 15 is 0 Å². The first-order valence-corrected chi connectivity index (χ1v) is 11.6. The number of aromatic nitrogens is 2. The molecule has 1 aliphatic heterocycles. The number of carbonyl (C=O) groups is 1. The SMILES string of the molecule is CC(c1ccccc1)n1c(SCC(=O)N2CCOCC2)nc2ccc(Br)cc2c1=O. The summed E-state index contributed by atoms with van der Waals surface area (Å²) in [6, 6.07) is 15.1. The minimum Gasteiger partial charge on any atom is -0.378 e. The van der Waals surface area contributed by atoms with Crippen LogP contribution in [0.15, 0.2) is 63.0 Å². The number of hydrogen-bond acceptors (Lipinski definition) is 5. The van der Waals surface area contributed by atoms with Crippen LogP contribution in [-0.4, -0.2) is 52.4 Å². The molecular formula is C22H22BrN3O3S. The fourth-order valence-corrected chi connectivity index (χ4v) is 4.84. The minimum absolute atomic E-state index is 0.0346. The van der Waals surface area contributed by atoms with Gasteiger partial charge in [-0.15, -0.1) is 0 Å². The molecule has 0 radical (unpaired) electrons. The Bertz CT molecular complexity index is 1110. The van der Waals surface area contributed by atoms with Gasteiger partial charge in [-0.25, -0.2) is 4.98 Å². The number of benzene rings is 2. The Labute approximate surface area is 187 Å². The van der Waals surface area contributed by atoms with Crippen LogP contribution in [0.5, 0.6) is 0 Å². The van der Waals surface area contributed by atoms with Crippen LogP contribution in [0, 0.1) is 0 Å². The van der Waals surface area contributed by atoms with E-state index in [1.165, 1.54) is 11.8 Å². The maximum Gasteiger partial charge on any atom is 0.262 e. The molecule has 8 heteroatoms. The fourth-order valence-electron chi connectivity index (χ4n) is 3.50. The molecule has 6 nitrogen and oxygen atoms in total. The zero-order valence-electron chi connectivity index (χ0n) is 16.6. The summed E-state index contributed by atoms with van der Waals surface area (Å²) in [5, 5.41) is 1.10. The van der Waals surface area contributed by atoms with Crippen molar-refractivity contribution in [2.75, 3.05) is 32.1 Å². The van der Waals surface area contributed by atoms with Crippen molar-refractivity contribution in [2.24, 2.45) is 0 Å². The molecule has 1 aliphatic rings. The van der Waals surface area contributed by atoms with Crippen molar-refractivity contribution in [3.63, 3.8) is 0 Å². The van der Waals surface area contributed by atoms with E-state index in [-0.39, 0.29) is 23.3 Å². The van der Waals surface area contributed by atoms with Crippen LogP contribution >= 0.6 is 27.7 Å². The monoisotopic (exact) mass is 487 g/mol. The zero-order valence-corrected chi connectivity index (χ0v) is 19.0. The maximum atomic E-state index is 13.4. The molecule has 1 amide bonds. The standard InChI is InChI=1S/C22H22BrN3O3S/c1-15(16-5-3-2-4-6-16)26-21(28)18-13-17(23)7-8-19(18)24-22(26)30-14-20(27)25-9-11-29-12-10-25/h2-8,13,15H,9-12,14H2,1H3. The molecule has 30 heavy (non-hydrogen) atoms. The van der Waals surface area contributed by atoms with Crippen molar-refractivity contribution in [1.82, 2.24) is 14.5 Å². The molecule has 0 aliphatic carbocycles. The van der Waals surface area contributed by atoms with E-state index in [9.17, 15) is 9.59 Å². The van der Waals surface area contributed by atoms with Gasteiger partial charge in [0.15, 0.2) is 5.16 Å². The number of rotatable bonds is 5. The smallest absolute Gasteiger partial charge is 0.262 e. The van der Waals surface area contributed by atoms with Crippen LogP contribution in [0.3, 0.4) is 0 Å². The Morgan fingerprint density at radius 1 is 1.20 bits per heavy atom. The van der Waals surface area contributed by atoms with E-state index in [4.69, 9.17) is 9.72 Å². The van der Waals surface area contributed by atoms with E-state index in [0.717, 1.165) is 10.0 Å². The number of nitrogens with zero attached hydrogens (tertiary/aromatic N) is 3. The summed E-state index contributed by atoms with van der Waals surface area (Å²) in [7, 11) is 0. The average Bonchev–Trinajstić information content (AvgIpc) is 2.79. The van der Waals surface area contributed by atoms with E-state index in [1.54, 1.807) is 15.5 Å².